The van der Waals surface area contributed by atoms with E-state index in [4.69, 9.17) is 11.6 Å². The molecule has 0 aliphatic carbocycles. The molecule has 21 heavy (non-hydrogen) atoms. The number of benzene rings is 2. The van der Waals surface area contributed by atoms with Crippen molar-refractivity contribution in [2.24, 2.45) is 0 Å². The summed E-state index contributed by atoms with van der Waals surface area (Å²) in [6.45, 7) is 6.18. The number of hydrogen-bond acceptors (Lipinski definition) is 0. The van der Waals surface area contributed by atoms with Gasteiger partial charge in [-0.2, -0.15) is 0 Å². The molecule has 0 nitrogen and oxygen atoms in total. The standard InChI is InChI=1S/C18H19ClF2/c1-11(2)14-6-4-13(5-7-14)8-12(3)15-9-18(21)16(19)10-17(15)20/h4-7,9-12H,8H2,1-3H3. The van der Waals surface area contributed by atoms with Gasteiger partial charge in [-0.15, -0.1) is 0 Å². The fraction of sp³-hybridized carbons (Fsp3) is 0.333. The van der Waals surface area contributed by atoms with Crippen molar-refractivity contribution >= 4 is 11.6 Å². The SMILES string of the molecule is CC(C)c1ccc(CC(C)c2cc(F)c(Cl)cc2F)cc1. The van der Waals surface area contributed by atoms with Crippen molar-refractivity contribution in [2.45, 2.75) is 39.0 Å². The van der Waals surface area contributed by atoms with Gasteiger partial charge in [0.05, 0.1) is 5.02 Å². The van der Waals surface area contributed by atoms with Crippen LogP contribution in [0.4, 0.5) is 8.78 Å². The molecule has 0 aliphatic heterocycles. The van der Waals surface area contributed by atoms with Gasteiger partial charge in [-0.25, -0.2) is 8.78 Å². The highest BCUT2D eigenvalue weighted by Crippen LogP contribution is 2.28. The number of rotatable bonds is 4. The van der Waals surface area contributed by atoms with Gasteiger partial charge in [0.15, 0.2) is 0 Å². The van der Waals surface area contributed by atoms with E-state index in [1.807, 2.05) is 6.92 Å². The summed E-state index contributed by atoms with van der Waals surface area (Å²) < 4.78 is 27.4. The van der Waals surface area contributed by atoms with E-state index in [-0.39, 0.29) is 10.9 Å². The van der Waals surface area contributed by atoms with Gasteiger partial charge in [-0.1, -0.05) is 56.6 Å². The predicted molar refractivity (Wildman–Crippen MR) is 84.0 cm³/mol. The quantitative estimate of drug-likeness (QED) is 0.600. The Morgan fingerprint density at radius 3 is 2.14 bits per heavy atom. The van der Waals surface area contributed by atoms with Crippen LogP contribution in [-0.2, 0) is 6.42 Å². The summed E-state index contributed by atoms with van der Waals surface area (Å²) in [5, 5.41) is -0.176. The molecule has 0 spiro atoms. The smallest absolute Gasteiger partial charge is 0.142 e. The molecule has 0 aromatic heterocycles. The summed E-state index contributed by atoms with van der Waals surface area (Å²) in [7, 11) is 0. The molecule has 0 saturated carbocycles. The molecule has 2 aromatic rings. The highest BCUT2D eigenvalue weighted by atomic mass is 35.5. The van der Waals surface area contributed by atoms with Gasteiger partial charge in [0.25, 0.3) is 0 Å². The van der Waals surface area contributed by atoms with Crippen molar-refractivity contribution in [3.63, 3.8) is 0 Å². The van der Waals surface area contributed by atoms with Crippen molar-refractivity contribution in [1.29, 1.82) is 0 Å². The Morgan fingerprint density at radius 1 is 0.952 bits per heavy atom. The molecule has 0 amide bonds. The minimum Gasteiger partial charge on any atom is -0.207 e. The molecule has 3 heteroatoms. The summed E-state index contributed by atoms with van der Waals surface area (Å²) in [4.78, 5) is 0. The van der Waals surface area contributed by atoms with Gasteiger partial charge < -0.3 is 0 Å². The van der Waals surface area contributed by atoms with Crippen LogP contribution in [0.15, 0.2) is 36.4 Å². The predicted octanol–water partition coefficient (Wildman–Crippen LogP) is 6.09. The monoisotopic (exact) mass is 308 g/mol. The number of hydrogen-bond donors (Lipinski definition) is 0. The molecule has 0 bridgehead atoms. The van der Waals surface area contributed by atoms with Crippen LogP contribution in [0.25, 0.3) is 0 Å². The summed E-state index contributed by atoms with van der Waals surface area (Å²) in [6.07, 6.45) is 0.663. The van der Waals surface area contributed by atoms with Gasteiger partial charge in [-0.05, 0) is 47.1 Å². The molecular formula is C18H19ClF2. The van der Waals surface area contributed by atoms with E-state index in [2.05, 4.69) is 38.1 Å². The van der Waals surface area contributed by atoms with Crippen LogP contribution in [0.3, 0.4) is 0 Å². The summed E-state index contributed by atoms with van der Waals surface area (Å²) >= 11 is 5.58. The lowest BCUT2D eigenvalue weighted by Crippen LogP contribution is -2.03. The van der Waals surface area contributed by atoms with Crippen LogP contribution in [0.1, 0.15) is 49.3 Å². The second-order valence-electron chi connectivity index (χ2n) is 5.79. The molecule has 1 unspecified atom stereocenters. The van der Waals surface area contributed by atoms with E-state index in [0.29, 0.717) is 17.9 Å². The van der Waals surface area contributed by atoms with Crippen molar-refractivity contribution in [3.8, 4) is 0 Å². The van der Waals surface area contributed by atoms with Crippen molar-refractivity contribution in [1.82, 2.24) is 0 Å². The zero-order valence-electron chi connectivity index (χ0n) is 12.5. The lowest BCUT2D eigenvalue weighted by atomic mass is 9.92. The molecule has 2 rings (SSSR count). The Labute approximate surface area is 129 Å². The third-order valence-corrected chi connectivity index (χ3v) is 4.05. The van der Waals surface area contributed by atoms with Gasteiger partial charge >= 0.3 is 0 Å². The van der Waals surface area contributed by atoms with E-state index in [1.54, 1.807) is 0 Å². The first-order valence-corrected chi connectivity index (χ1v) is 7.49. The minimum atomic E-state index is -0.574. The summed E-state index contributed by atoms with van der Waals surface area (Å²) in [5.74, 6) is -0.649. The lowest BCUT2D eigenvalue weighted by molar-refractivity contribution is 0.567. The molecule has 0 saturated heterocycles. The highest BCUT2D eigenvalue weighted by Gasteiger charge is 2.15. The van der Waals surface area contributed by atoms with Crippen LogP contribution < -0.4 is 0 Å². The largest absolute Gasteiger partial charge is 0.207 e. The first kappa shape index (κ1) is 16.0. The van der Waals surface area contributed by atoms with Crippen molar-refractivity contribution in [3.05, 3.63) is 69.7 Å². The molecular weight excluding hydrogens is 290 g/mol. The zero-order valence-corrected chi connectivity index (χ0v) is 13.2. The third kappa shape index (κ3) is 3.82. The Kier molecular flexibility index (Phi) is 5.00. The molecule has 2 aromatic carbocycles. The maximum atomic E-state index is 13.9. The van der Waals surface area contributed by atoms with E-state index in [1.165, 1.54) is 11.6 Å². The van der Waals surface area contributed by atoms with Crippen LogP contribution in [0.2, 0.25) is 5.02 Å². The summed E-state index contributed by atoms with van der Waals surface area (Å²) in [5.41, 5.74) is 2.75. The van der Waals surface area contributed by atoms with Gasteiger partial charge in [-0.3, -0.25) is 0 Å². The highest BCUT2D eigenvalue weighted by molar-refractivity contribution is 6.30. The Hall–Kier alpha value is -1.41. The second kappa shape index (κ2) is 6.57. The molecule has 0 N–H and O–H groups in total. The first-order chi connectivity index (χ1) is 9.88. The van der Waals surface area contributed by atoms with Crippen LogP contribution >= 0.6 is 11.6 Å². The normalized spacial score (nSPS) is 12.7. The van der Waals surface area contributed by atoms with Crippen molar-refractivity contribution < 1.29 is 8.78 Å². The van der Waals surface area contributed by atoms with E-state index in [0.717, 1.165) is 11.6 Å². The molecule has 0 radical (unpaired) electrons. The topological polar surface area (TPSA) is 0 Å². The molecule has 0 fully saturated rings. The molecule has 112 valence electrons. The van der Waals surface area contributed by atoms with Crippen LogP contribution in [-0.4, -0.2) is 0 Å². The third-order valence-electron chi connectivity index (χ3n) is 3.76. The number of halogens is 3. The lowest BCUT2D eigenvalue weighted by Gasteiger charge is -2.14. The Morgan fingerprint density at radius 2 is 1.57 bits per heavy atom. The fourth-order valence-corrected chi connectivity index (χ4v) is 2.57. The van der Waals surface area contributed by atoms with Crippen LogP contribution in [0.5, 0.6) is 0 Å². The van der Waals surface area contributed by atoms with E-state index < -0.39 is 11.6 Å². The Balaban J connectivity index is 2.17. The zero-order chi connectivity index (χ0) is 15.6. The maximum Gasteiger partial charge on any atom is 0.142 e. The molecule has 0 aliphatic rings. The van der Waals surface area contributed by atoms with E-state index >= 15 is 0 Å². The average Bonchev–Trinajstić information content (AvgIpc) is 2.43. The van der Waals surface area contributed by atoms with Gasteiger partial charge in [0.2, 0.25) is 0 Å². The average molecular weight is 309 g/mol. The van der Waals surface area contributed by atoms with Crippen molar-refractivity contribution in [2.75, 3.05) is 0 Å². The second-order valence-corrected chi connectivity index (χ2v) is 6.20. The maximum absolute atomic E-state index is 13.9. The fourth-order valence-electron chi connectivity index (χ4n) is 2.42. The van der Waals surface area contributed by atoms with Gasteiger partial charge in [0, 0.05) is 0 Å². The van der Waals surface area contributed by atoms with Crippen LogP contribution in [0, 0.1) is 11.6 Å². The molecule has 0 heterocycles. The molecule has 1 atom stereocenters. The van der Waals surface area contributed by atoms with E-state index in [9.17, 15) is 8.78 Å². The van der Waals surface area contributed by atoms with Gasteiger partial charge in [0.1, 0.15) is 11.6 Å². The minimum absolute atomic E-state index is 0.110. The Bertz CT molecular complexity index is 618. The first-order valence-electron chi connectivity index (χ1n) is 7.11. The summed E-state index contributed by atoms with van der Waals surface area (Å²) in [6, 6.07) is 10.5.